The Hall–Kier alpha value is -2.17. The quantitative estimate of drug-likeness (QED) is 0.296. The van der Waals surface area contributed by atoms with Gasteiger partial charge in [0.1, 0.15) is 11.6 Å². The van der Waals surface area contributed by atoms with Crippen molar-refractivity contribution >= 4 is 35.1 Å². The van der Waals surface area contributed by atoms with Crippen molar-refractivity contribution in [2.75, 3.05) is 44.7 Å². The van der Waals surface area contributed by atoms with Gasteiger partial charge in [-0.05, 0) is 54.8 Å². The lowest BCUT2D eigenvalue weighted by molar-refractivity contribution is -0.135. The molecule has 0 aliphatic carbocycles. The van der Waals surface area contributed by atoms with Gasteiger partial charge in [0.15, 0.2) is 0 Å². The molecule has 1 N–H and O–H groups in total. The van der Waals surface area contributed by atoms with E-state index in [1.165, 1.54) is 24.1 Å². The van der Waals surface area contributed by atoms with Crippen LogP contribution in [0.25, 0.3) is 0 Å². The molecule has 1 aliphatic rings. The van der Waals surface area contributed by atoms with E-state index in [0.717, 1.165) is 16.6 Å². The van der Waals surface area contributed by atoms with Gasteiger partial charge in [0.25, 0.3) is 5.91 Å². The molecule has 0 atom stereocenters. The molecule has 2 aromatic carbocycles. The first-order valence-corrected chi connectivity index (χ1v) is 11.5. The fourth-order valence-electron chi connectivity index (χ4n) is 3.46. The number of nitrogens with zero attached hydrogens (tertiary/aromatic N) is 2. The van der Waals surface area contributed by atoms with Gasteiger partial charge in [0, 0.05) is 44.0 Å². The van der Waals surface area contributed by atoms with Crippen LogP contribution in [0, 0.1) is 5.82 Å². The van der Waals surface area contributed by atoms with Crippen molar-refractivity contribution in [3.8, 4) is 5.75 Å². The number of carbonyl (C=O) groups is 1. The molecule has 0 spiro atoms. The average Bonchev–Trinajstić information content (AvgIpc) is 2.78. The molecular weight excluding hydrogens is 482 g/mol. The summed E-state index contributed by atoms with van der Waals surface area (Å²) >= 11 is 7.29. The number of hydrogen-bond donors (Lipinski definition) is 1. The number of rotatable bonds is 8. The van der Waals surface area contributed by atoms with Gasteiger partial charge >= 0.3 is 6.18 Å². The zero-order valence-electron chi connectivity index (χ0n) is 17.9. The smallest absolute Gasteiger partial charge is 0.389 e. The highest BCUT2D eigenvalue weighted by molar-refractivity contribution is 7.97. The Morgan fingerprint density at radius 2 is 1.88 bits per heavy atom. The van der Waals surface area contributed by atoms with E-state index in [-0.39, 0.29) is 29.5 Å². The third-order valence-corrected chi connectivity index (χ3v) is 6.30. The molecule has 1 aliphatic heterocycles. The molecule has 0 aromatic heterocycles. The molecule has 33 heavy (non-hydrogen) atoms. The molecule has 1 heterocycles. The molecular formula is C22H24ClF4N3O2S. The van der Waals surface area contributed by atoms with Crippen LogP contribution in [0.3, 0.4) is 0 Å². The molecule has 1 saturated heterocycles. The highest BCUT2D eigenvalue weighted by Gasteiger charge is 2.26. The fraction of sp³-hybridized carbons (Fsp3) is 0.409. The van der Waals surface area contributed by atoms with Gasteiger partial charge in [0.2, 0.25) is 0 Å². The van der Waals surface area contributed by atoms with Gasteiger partial charge < -0.3 is 14.5 Å². The van der Waals surface area contributed by atoms with E-state index in [1.54, 1.807) is 12.0 Å². The first-order valence-electron chi connectivity index (χ1n) is 10.3. The summed E-state index contributed by atoms with van der Waals surface area (Å²) in [6, 6.07) is 9.27. The molecule has 11 heteroatoms. The van der Waals surface area contributed by atoms with Gasteiger partial charge in [-0.2, -0.15) is 13.2 Å². The standard InChI is InChI=1S/C22H24ClF4N3O2S/c1-32-20-6-4-16(33-28-8-2-7-22(25,26)27)14-19(20)29-9-11-30(12-10-29)21(31)17-5-3-15(24)13-18(17)23/h3-6,13-14,28H,2,7-12H2,1H3. The largest absolute Gasteiger partial charge is 0.495 e. The predicted octanol–water partition coefficient (Wildman–Crippen LogP) is 5.39. The van der Waals surface area contributed by atoms with E-state index in [4.69, 9.17) is 16.3 Å². The first kappa shape index (κ1) is 25.5. The Morgan fingerprint density at radius 1 is 1.15 bits per heavy atom. The zero-order valence-corrected chi connectivity index (χ0v) is 19.5. The second-order valence-corrected chi connectivity index (χ2v) is 8.82. The minimum Gasteiger partial charge on any atom is -0.495 e. The van der Waals surface area contributed by atoms with Crippen LogP contribution in [0.15, 0.2) is 41.3 Å². The lowest BCUT2D eigenvalue weighted by Gasteiger charge is -2.37. The topological polar surface area (TPSA) is 44.8 Å². The summed E-state index contributed by atoms with van der Waals surface area (Å²) < 4.78 is 58.5. The maximum Gasteiger partial charge on any atom is 0.389 e. The van der Waals surface area contributed by atoms with E-state index >= 15 is 0 Å². The van der Waals surface area contributed by atoms with Crippen LogP contribution in [-0.2, 0) is 0 Å². The minimum atomic E-state index is -4.15. The van der Waals surface area contributed by atoms with Gasteiger partial charge in [0.05, 0.1) is 23.4 Å². The Labute approximate surface area is 199 Å². The number of halogens is 5. The Morgan fingerprint density at radius 3 is 2.52 bits per heavy atom. The third kappa shape index (κ3) is 7.15. The normalized spacial score (nSPS) is 14.5. The van der Waals surface area contributed by atoms with Crippen LogP contribution in [-0.4, -0.2) is 56.8 Å². The number of benzene rings is 2. The van der Waals surface area contributed by atoms with E-state index in [2.05, 4.69) is 9.62 Å². The molecule has 0 bridgehead atoms. The maximum absolute atomic E-state index is 13.3. The first-order chi connectivity index (χ1) is 15.7. The van der Waals surface area contributed by atoms with Gasteiger partial charge in [-0.1, -0.05) is 11.6 Å². The second-order valence-electron chi connectivity index (χ2n) is 7.45. The predicted molar refractivity (Wildman–Crippen MR) is 122 cm³/mol. The summed E-state index contributed by atoms with van der Waals surface area (Å²) in [6.07, 6.45) is -4.96. The van der Waals surface area contributed by atoms with Crippen molar-refractivity contribution in [2.24, 2.45) is 0 Å². The van der Waals surface area contributed by atoms with Crippen LogP contribution < -0.4 is 14.4 Å². The molecule has 3 rings (SSSR count). The average molecular weight is 506 g/mol. The Balaban J connectivity index is 1.59. The highest BCUT2D eigenvalue weighted by Crippen LogP contribution is 2.33. The highest BCUT2D eigenvalue weighted by atomic mass is 35.5. The molecule has 180 valence electrons. The van der Waals surface area contributed by atoms with Gasteiger partial charge in [-0.25, -0.2) is 4.39 Å². The maximum atomic E-state index is 13.3. The van der Waals surface area contributed by atoms with Crippen molar-refractivity contribution in [3.05, 3.63) is 52.8 Å². The number of methoxy groups -OCH3 is 1. The van der Waals surface area contributed by atoms with E-state index in [1.807, 2.05) is 18.2 Å². The second kappa shape index (κ2) is 11.3. The Kier molecular flexibility index (Phi) is 8.72. The summed E-state index contributed by atoms with van der Waals surface area (Å²) in [4.78, 5) is 17.4. The number of carbonyl (C=O) groups excluding carboxylic acids is 1. The summed E-state index contributed by atoms with van der Waals surface area (Å²) in [5.41, 5.74) is 1.10. The summed E-state index contributed by atoms with van der Waals surface area (Å²) in [6.45, 7) is 2.23. The lowest BCUT2D eigenvalue weighted by Crippen LogP contribution is -2.49. The monoisotopic (exact) mass is 505 g/mol. The molecule has 1 amide bonds. The molecule has 2 aromatic rings. The fourth-order valence-corrected chi connectivity index (χ4v) is 4.43. The van der Waals surface area contributed by atoms with Crippen molar-refractivity contribution in [3.63, 3.8) is 0 Å². The number of anilines is 1. The van der Waals surface area contributed by atoms with Crippen LogP contribution in [0.4, 0.5) is 23.2 Å². The zero-order chi connectivity index (χ0) is 24.0. The van der Waals surface area contributed by atoms with Crippen LogP contribution in [0.2, 0.25) is 5.02 Å². The molecule has 5 nitrogen and oxygen atoms in total. The molecule has 1 fully saturated rings. The van der Waals surface area contributed by atoms with Gasteiger partial charge in [-0.3, -0.25) is 9.52 Å². The summed E-state index contributed by atoms with van der Waals surface area (Å²) in [7, 11) is 1.57. The van der Waals surface area contributed by atoms with E-state index in [0.29, 0.717) is 31.9 Å². The number of piperazine rings is 1. The molecule has 0 unspecified atom stereocenters. The van der Waals surface area contributed by atoms with Crippen molar-refractivity contribution in [1.29, 1.82) is 0 Å². The van der Waals surface area contributed by atoms with Crippen molar-refractivity contribution in [1.82, 2.24) is 9.62 Å². The van der Waals surface area contributed by atoms with Crippen molar-refractivity contribution in [2.45, 2.75) is 23.9 Å². The third-order valence-electron chi connectivity index (χ3n) is 5.15. The number of ether oxygens (including phenoxy) is 1. The summed E-state index contributed by atoms with van der Waals surface area (Å²) in [5, 5.41) is 0.0801. The van der Waals surface area contributed by atoms with Crippen LogP contribution in [0.1, 0.15) is 23.2 Å². The Bertz CT molecular complexity index is 969. The lowest BCUT2D eigenvalue weighted by atomic mass is 10.1. The molecule has 0 radical (unpaired) electrons. The number of alkyl halides is 3. The number of amides is 1. The van der Waals surface area contributed by atoms with Crippen molar-refractivity contribution < 1.29 is 27.1 Å². The van der Waals surface area contributed by atoms with Crippen LogP contribution >= 0.6 is 23.5 Å². The van der Waals surface area contributed by atoms with E-state index < -0.39 is 18.4 Å². The summed E-state index contributed by atoms with van der Waals surface area (Å²) in [5.74, 6) is -0.0854. The number of hydrogen-bond acceptors (Lipinski definition) is 5. The SMILES string of the molecule is COc1ccc(SNCCCC(F)(F)F)cc1N1CCN(C(=O)c2ccc(F)cc2Cl)CC1. The van der Waals surface area contributed by atoms with E-state index in [9.17, 15) is 22.4 Å². The molecule has 0 saturated carbocycles. The minimum absolute atomic E-state index is 0.00751. The van der Waals surface area contributed by atoms with Crippen LogP contribution in [0.5, 0.6) is 5.75 Å². The number of nitrogens with one attached hydrogen (secondary N) is 1. The van der Waals surface area contributed by atoms with Gasteiger partial charge in [-0.15, -0.1) is 0 Å².